The maximum absolute atomic E-state index is 5.80. The molecule has 3 rings (SSSR count). The van der Waals surface area contributed by atoms with Crippen LogP contribution in [0, 0.1) is 0 Å². The summed E-state index contributed by atoms with van der Waals surface area (Å²) in [5, 5.41) is 7.99. The van der Waals surface area contributed by atoms with Crippen LogP contribution in [0.3, 0.4) is 0 Å². The lowest BCUT2D eigenvalue weighted by Gasteiger charge is -2.23. The Hall–Kier alpha value is -1.20. The second-order valence-corrected chi connectivity index (χ2v) is 6.16. The van der Waals surface area contributed by atoms with Crippen molar-refractivity contribution in [3.63, 3.8) is 0 Å². The van der Waals surface area contributed by atoms with E-state index in [2.05, 4.69) is 28.8 Å². The fourth-order valence-electron chi connectivity index (χ4n) is 2.88. The highest BCUT2D eigenvalue weighted by atomic mass is 32.2. The van der Waals surface area contributed by atoms with Crippen molar-refractivity contribution in [2.24, 2.45) is 7.05 Å². The number of fused-ring (bicyclic) bond motifs is 1. The number of furan rings is 1. The molecule has 0 aliphatic heterocycles. The van der Waals surface area contributed by atoms with Crippen LogP contribution >= 0.6 is 11.8 Å². The molecule has 0 amide bonds. The Bertz CT molecular complexity index is 575. The molecule has 0 radical (unpaired) electrons. The first-order valence-electron chi connectivity index (χ1n) is 7.08. The first kappa shape index (κ1) is 13.8. The number of thioether (sulfide) groups is 1. The molecule has 0 saturated heterocycles. The van der Waals surface area contributed by atoms with Crippen LogP contribution in [0.1, 0.15) is 41.7 Å². The van der Waals surface area contributed by atoms with Crippen molar-refractivity contribution >= 4 is 11.8 Å². The van der Waals surface area contributed by atoms with E-state index < -0.39 is 0 Å². The van der Waals surface area contributed by atoms with E-state index in [4.69, 9.17) is 4.42 Å². The third kappa shape index (κ3) is 2.79. The highest BCUT2D eigenvalue weighted by Gasteiger charge is 2.23. The summed E-state index contributed by atoms with van der Waals surface area (Å²) in [5.41, 5.74) is 2.73. The predicted molar refractivity (Wildman–Crippen MR) is 81.7 cm³/mol. The summed E-state index contributed by atoms with van der Waals surface area (Å²) in [6.45, 7) is 0.785. The van der Waals surface area contributed by atoms with E-state index in [1.807, 2.05) is 17.9 Å². The highest BCUT2D eigenvalue weighted by molar-refractivity contribution is 7.97. The third-order valence-corrected chi connectivity index (χ3v) is 4.48. The normalized spacial score (nSPS) is 18.2. The van der Waals surface area contributed by atoms with Crippen molar-refractivity contribution in [2.75, 3.05) is 6.26 Å². The van der Waals surface area contributed by atoms with E-state index in [-0.39, 0.29) is 0 Å². The molecule has 2 heterocycles. The minimum Gasteiger partial charge on any atom is -0.464 e. The molecule has 2 aromatic rings. The summed E-state index contributed by atoms with van der Waals surface area (Å²) in [5.74, 6) is 3.01. The second-order valence-electron chi connectivity index (χ2n) is 5.30. The van der Waals surface area contributed by atoms with Gasteiger partial charge in [0.15, 0.2) is 0 Å². The molecule has 20 heavy (non-hydrogen) atoms. The van der Waals surface area contributed by atoms with Crippen LogP contribution in [0.15, 0.2) is 22.7 Å². The lowest BCUT2D eigenvalue weighted by atomic mass is 9.93. The van der Waals surface area contributed by atoms with Gasteiger partial charge in [-0.1, -0.05) is 0 Å². The van der Waals surface area contributed by atoms with E-state index in [9.17, 15) is 0 Å². The fraction of sp³-hybridized carbons (Fsp3) is 0.533. The molecule has 5 heteroatoms. The zero-order chi connectivity index (χ0) is 13.9. The molecule has 1 N–H and O–H groups in total. The van der Waals surface area contributed by atoms with Crippen LogP contribution in [-0.4, -0.2) is 16.0 Å². The molecule has 1 unspecified atom stereocenters. The Labute approximate surface area is 123 Å². The van der Waals surface area contributed by atoms with Crippen LogP contribution in [0.5, 0.6) is 0 Å². The quantitative estimate of drug-likeness (QED) is 0.919. The Morgan fingerprint density at radius 2 is 2.30 bits per heavy atom. The minimum absolute atomic E-state index is 0.404. The molecule has 2 aromatic heterocycles. The molecule has 1 aliphatic rings. The molecule has 4 nitrogen and oxygen atoms in total. The van der Waals surface area contributed by atoms with Gasteiger partial charge in [-0.25, -0.2) is 0 Å². The highest BCUT2D eigenvalue weighted by Crippen LogP contribution is 2.29. The minimum atomic E-state index is 0.404. The van der Waals surface area contributed by atoms with Gasteiger partial charge in [-0.05, 0) is 37.7 Å². The number of hydrogen-bond donors (Lipinski definition) is 1. The van der Waals surface area contributed by atoms with E-state index in [0.29, 0.717) is 6.04 Å². The monoisotopic (exact) mass is 291 g/mol. The van der Waals surface area contributed by atoms with Crippen molar-refractivity contribution < 1.29 is 4.42 Å². The second kappa shape index (κ2) is 6.06. The lowest BCUT2D eigenvalue weighted by molar-refractivity contribution is 0.406. The van der Waals surface area contributed by atoms with Crippen LogP contribution in [0.25, 0.3) is 0 Å². The smallest absolute Gasteiger partial charge is 0.118 e. The molecular formula is C15H21N3OS. The Kier molecular flexibility index (Phi) is 4.17. The van der Waals surface area contributed by atoms with E-state index in [1.54, 1.807) is 11.8 Å². The van der Waals surface area contributed by atoms with Crippen molar-refractivity contribution in [3.8, 4) is 0 Å². The molecule has 0 bridgehead atoms. The molecule has 1 atom stereocenters. The maximum atomic E-state index is 5.80. The Morgan fingerprint density at radius 1 is 1.45 bits per heavy atom. The van der Waals surface area contributed by atoms with Crippen molar-refractivity contribution in [2.45, 2.75) is 37.6 Å². The first-order chi connectivity index (χ1) is 9.78. The van der Waals surface area contributed by atoms with Crippen LogP contribution in [0.2, 0.25) is 0 Å². The van der Waals surface area contributed by atoms with Gasteiger partial charge >= 0.3 is 0 Å². The summed E-state index contributed by atoms with van der Waals surface area (Å²) in [7, 11) is 2.03. The van der Waals surface area contributed by atoms with E-state index in [1.165, 1.54) is 24.1 Å². The fourth-order valence-corrected chi connectivity index (χ4v) is 3.32. The molecule has 0 saturated carbocycles. The molecule has 108 valence electrons. The number of aryl methyl sites for hydroxylation is 1. The Balaban J connectivity index is 1.64. The maximum Gasteiger partial charge on any atom is 0.118 e. The van der Waals surface area contributed by atoms with Gasteiger partial charge in [-0.2, -0.15) is 16.9 Å². The molecule has 0 fully saturated rings. The average Bonchev–Trinajstić information content (AvgIpc) is 3.05. The van der Waals surface area contributed by atoms with Gasteiger partial charge in [0.2, 0.25) is 0 Å². The van der Waals surface area contributed by atoms with Gasteiger partial charge < -0.3 is 9.73 Å². The first-order valence-corrected chi connectivity index (χ1v) is 8.48. The molecule has 0 spiro atoms. The average molecular weight is 291 g/mol. The number of hydrogen-bond acceptors (Lipinski definition) is 4. The number of aromatic nitrogens is 2. The predicted octanol–water partition coefficient (Wildman–Crippen LogP) is 3.04. The largest absolute Gasteiger partial charge is 0.464 e. The van der Waals surface area contributed by atoms with Gasteiger partial charge in [0.1, 0.15) is 11.5 Å². The van der Waals surface area contributed by atoms with Gasteiger partial charge in [-0.15, -0.1) is 0 Å². The number of nitrogens with zero attached hydrogens (tertiary/aromatic N) is 2. The van der Waals surface area contributed by atoms with Crippen molar-refractivity contribution in [1.29, 1.82) is 0 Å². The number of rotatable bonds is 5. The van der Waals surface area contributed by atoms with Crippen molar-refractivity contribution in [1.82, 2.24) is 15.1 Å². The third-order valence-electron chi connectivity index (χ3n) is 3.90. The van der Waals surface area contributed by atoms with Gasteiger partial charge in [-0.3, -0.25) is 4.68 Å². The summed E-state index contributed by atoms with van der Waals surface area (Å²) in [4.78, 5) is 0. The summed E-state index contributed by atoms with van der Waals surface area (Å²) < 4.78 is 7.81. The van der Waals surface area contributed by atoms with Gasteiger partial charge in [0, 0.05) is 24.3 Å². The number of nitrogens with one attached hydrogen (secondary N) is 1. The topological polar surface area (TPSA) is 43.0 Å². The molecular weight excluding hydrogens is 270 g/mol. The molecule has 1 aliphatic carbocycles. The lowest BCUT2D eigenvalue weighted by Crippen LogP contribution is -2.24. The van der Waals surface area contributed by atoms with E-state index in [0.717, 1.165) is 30.2 Å². The Morgan fingerprint density at radius 3 is 3.15 bits per heavy atom. The standard InChI is InChI=1S/C15H21N3OS/c1-18-15-5-3-4-14(13(15)9-17-18)16-8-11-6-7-12(19-11)10-20-2/h6-7,9,14,16H,3-5,8,10H2,1-2H3. The summed E-state index contributed by atoms with van der Waals surface area (Å²) in [6, 6.07) is 4.55. The summed E-state index contributed by atoms with van der Waals surface area (Å²) >= 11 is 1.78. The zero-order valence-electron chi connectivity index (χ0n) is 12.1. The van der Waals surface area contributed by atoms with Gasteiger partial charge in [0.05, 0.1) is 18.5 Å². The van der Waals surface area contributed by atoms with Crippen LogP contribution in [0.4, 0.5) is 0 Å². The molecule has 0 aromatic carbocycles. The van der Waals surface area contributed by atoms with E-state index >= 15 is 0 Å². The van der Waals surface area contributed by atoms with Gasteiger partial charge in [0.25, 0.3) is 0 Å². The zero-order valence-corrected chi connectivity index (χ0v) is 12.9. The van der Waals surface area contributed by atoms with Crippen molar-refractivity contribution in [3.05, 3.63) is 41.1 Å². The van der Waals surface area contributed by atoms with Crippen LogP contribution in [-0.2, 0) is 25.8 Å². The summed E-state index contributed by atoms with van der Waals surface area (Å²) in [6.07, 6.45) is 7.64. The van der Waals surface area contributed by atoms with Crippen LogP contribution < -0.4 is 5.32 Å². The SMILES string of the molecule is CSCc1ccc(CNC2CCCc3c2cnn3C)o1.